The standard InChI is InChI=1S/C17H27Cl/c1-6-17(7-2,13-18)12-14-8-10-15(11-9-14)16(3,4)5/h8-11H,6-7,12-13H2,1-5H3. The first-order chi connectivity index (χ1) is 8.37. The maximum Gasteiger partial charge on any atom is 0.0282 e. The van der Waals surface area contributed by atoms with Gasteiger partial charge in [0.1, 0.15) is 0 Å². The maximum absolute atomic E-state index is 6.18. The molecule has 0 atom stereocenters. The summed E-state index contributed by atoms with van der Waals surface area (Å²) in [5, 5.41) is 0. The molecule has 0 aliphatic rings. The number of hydrogen-bond donors (Lipinski definition) is 0. The zero-order valence-corrected chi connectivity index (χ0v) is 13.3. The molecule has 0 radical (unpaired) electrons. The third-order valence-electron chi connectivity index (χ3n) is 4.18. The van der Waals surface area contributed by atoms with E-state index in [2.05, 4.69) is 58.9 Å². The van der Waals surface area contributed by atoms with Gasteiger partial charge in [0.15, 0.2) is 0 Å². The molecule has 0 bridgehead atoms. The van der Waals surface area contributed by atoms with Crippen LogP contribution in [0.4, 0.5) is 0 Å². The molecular weight excluding hydrogens is 240 g/mol. The van der Waals surface area contributed by atoms with Crippen molar-refractivity contribution in [3.63, 3.8) is 0 Å². The van der Waals surface area contributed by atoms with Crippen molar-refractivity contribution >= 4 is 11.6 Å². The summed E-state index contributed by atoms with van der Waals surface area (Å²) in [6.07, 6.45) is 3.38. The zero-order chi connectivity index (χ0) is 13.8. The predicted octanol–water partition coefficient (Wildman–Crippen LogP) is 5.57. The highest BCUT2D eigenvalue weighted by Gasteiger charge is 2.25. The zero-order valence-electron chi connectivity index (χ0n) is 12.5. The monoisotopic (exact) mass is 266 g/mol. The molecule has 102 valence electrons. The Bertz CT molecular complexity index is 344. The van der Waals surface area contributed by atoms with Crippen LogP contribution in [-0.4, -0.2) is 5.88 Å². The Balaban J connectivity index is 2.86. The van der Waals surface area contributed by atoms with Crippen molar-refractivity contribution in [1.29, 1.82) is 0 Å². The van der Waals surface area contributed by atoms with Gasteiger partial charge in [0.05, 0.1) is 0 Å². The summed E-state index contributed by atoms with van der Waals surface area (Å²) in [6, 6.07) is 9.07. The lowest BCUT2D eigenvalue weighted by Gasteiger charge is -2.29. The Kier molecular flexibility index (Phi) is 5.28. The van der Waals surface area contributed by atoms with Gasteiger partial charge in [0.2, 0.25) is 0 Å². The number of rotatable bonds is 5. The van der Waals surface area contributed by atoms with Crippen LogP contribution in [0.1, 0.15) is 58.6 Å². The third kappa shape index (κ3) is 3.75. The second kappa shape index (κ2) is 6.10. The number of benzene rings is 1. The number of halogens is 1. The van der Waals surface area contributed by atoms with E-state index in [4.69, 9.17) is 11.6 Å². The second-order valence-corrected chi connectivity index (χ2v) is 6.73. The van der Waals surface area contributed by atoms with Gasteiger partial charge in [-0.3, -0.25) is 0 Å². The van der Waals surface area contributed by atoms with E-state index in [1.165, 1.54) is 11.1 Å². The highest BCUT2D eigenvalue weighted by molar-refractivity contribution is 6.18. The average molecular weight is 267 g/mol. The molecule has 0 amide bonds. The molecule has 1 rings (SSSR count). The molecule has 1 aromatic rings. The van der Waals surface area contributed by atoms with Gasteiger partial charge in [-0.1, -0.05) is 58.9 Å². The summed E-state index contributed by atoms with van der Waals surface area (Å²) in [5.41, 5.74) is 3.31. The fraction of sp³-hybridized carbons (Fsp3) is 0.647. The Hall–Kier alpha value is -0.490. The van der Waals surface area contributed by atoms with Crippen LogP contribution < -0.4 is 0 Å². The molecule has 0 aromatic heterocycles. The Morgan fingerprint density at radius 1 is 0.944 bits per heavy atom. The van der Waals surface area contributed by atoms with Crippen LogP contribution in [-0.2, 0) is 11.8 Å². The van der Waals surface area contributed by atoms with Crippen LogP contribution in [0.15, 0.2) is 24.3 Å². The first kappa shape index (κ1) is 15.6. The van der Waals surface area contributed by atoms with Crippen LogP contribution >= 0.6 is 11.6 Å². The quantitative estimate of drug-likeness (QED) is 0.611. The molecule has 0 N–H and O–H groups in total. The SMILES string of the molecule is CCC(CC)(CCl)Cc1ccc(C(C)(C)C)cc1. The average Bonchev–Trinajstić information content (AvgIpc) is 2.36. The van der Waals surface area contributed by atoms with Crippen molar-refractivity contribution in [2.45, 2.75) is 59.3 Å². The molecule has 0 heterocycles. The normalized spacial score (nSPS) is 12.8. The van der Waals surface area contributed by atoms with Crippen molar-refractivity contribution in [2.75, 3.05) is 5.88 Å². The van der Waals surface area contributed by atoms with Crippen LogP contribution in [0.5, 0.6) is 0 Å². The van der Waals surface area contributed by atoms with Crippen molar-refractivity contribution in [1.82, 2.24) is 0 Å². The second-order valence-electron chi connectivity index (χ2n) is 6.46. The number of hydrogen-bond acceptors (Lipinski definition) is 0. The minimum absolute atomic E-state index is 0.234. The molecule has 0 aliphatic carbocycles. The molecule has 1 heteroatoms. The molecule has 1 aromatic carbocycles. The van der Waals surface area contributed by atoms with Crippen LogP contribution in [0.25, 0.3) is 0 Å². The van der Waals surface area contributed by atoms with Crippen LogP contribution in [0.3, 0.4) is 0 Å². The fourth-order valence-corrected chi connectivity index (χ4v) is 2.76. The van der Waals surface area contributed by atoms with Crippen molar-refractivity contribution in [3.05, 3.63) is 35.4 Å². The molecule has 0 fully saturated rings. The van der Waals surface area contributed by atoms with E-state index in [-0.39, 0.29) is 10.8 Å². The summed E-state index contributed by atoms with van der Waals surface area (Å²) >= 11 is 6.18. The number of alkyl halides is 1. The van der Waals surface area contributed by atoms with Gasteiger partial charge in [-0.2, -0.15) is 0 Å². The van der Waals surface area contributed by atoms with E-state index in [1.54, 1.807) is 0 Å². The van der Waals surface area contributed by atoms with E-state index >= 15 is 0 Å². The summed E-state index contributed by atoms with van der Waals surface area (Å²) in [5.74, 6) is 0.751. The van der Waals surface area contributed by atoms with Gasteiger partial charge >= 0.3 is 0 Å². The molecule has 0 unspecified atom stereocenters. The lowest BCUT2D eigenvalue weighted by Crippen LogP contribution is -2.24. The molecule has 0 spiro atoms. The summed E-state index contributed by atoms with van der Waals surface area (Å²) < 4.78 is 0. The van der Waals surface area contributed by atoms with E-state index in [9.17, 15) is 0 Å². The van der Waals surface area contributed by atoms with Gasteiger partial charge in [-0.15, -0.1) is 11.6 Å². The van der Waals surface area contributed by atoms with E-state index in [1.807, 2.05) is 0 Å². The Labute approximate surface area is 118 Å². The minimum Gasteiger partial charge on any atom is -0.126 e. The molecule has 0 saturated carbocycles. The molecule has 18 heavy (non-hydrogen) atoms. The van der Waals surface area contributed by atoms with E-state index in [0.29, 0.717) is 0 Å². The highest BCUT2D eigenvalue weighted by atomic mass is 35.5. The van der Waals surface area contributed by atoms with Gasteiger partial charge in [0.25, 0.3) is 0 Å². The summed E-state index contributed by atoms with van der Waals surface area (Å²) in [6.45, 7) is 11.3. The molecular formula is C17H27Cl. The molecule has 0 nitrogen and oxygen atoms in total. The van der Waals surface area contributed by atoms with E-state index in [0.717, 1.165) is 25.1 Å². The fourth-order valence-electron chi connectivity index (χ4n) is 2.29. The summed E-state index contributed by atoms with van der Waals surface area (Å²) in [4.78, 5) is 0. The van der Waals surface area contributed by atoms with Gasteiger partial charge in [-0.05, 0) is 41.2 Å². The lowest BCUT2D eigenvalue weighted by atomic mass is 9.78. The van der Waals surface area contributed by atoms with Gasteiger partial charge in [0, 0.05) is 5.88 Å². The molecule has 0 saturated heterocycles. The van der Waals surface area contributed by atoms with Crippen molar-refractivity contribution < 1.29 is 0 Å². The van der Waals surface area contributed by atoms with Gasteiger partial charge in [-0.25, -0.2) is 0 Å². The first-order valence-electron chi connectivity index (χ1n) is 7.02. The first-order valence-corrected chi connectivity index (χ1v) is 7.56. The molecule has 0 aliphatic heterocycles. The van der Waals surface area contributed by atoms with Crippen molar-refractivity contribution in [2.24, 2.45) is 5.41 Å². The predicted molar refractivity (Wildman–Crippen MR) is 82.6 cm³/mol. The van der Waals surface area contributed by atoms with Crippen LogP contribution in [0, 0.1) is 5.41 Å². The third-order valence-corrected chi connectivity index (χ3v) is 4.75. The van der Waals surface area contributed by atoms with E-state index < -0.39 is 0 Å². The largest absolute Gasteiger partial charge is 0.126 e. The lowest BCUT2D eigenvalue weighted by molar-refractivity contribution is 0.302. The minimum atomic E-state index is 0.234. The maximum atomic E-state index is 6.18. The Morgan fingerprint density at radius 2 is 1.44 bits per heavy atom. The highest BCUT2D eigenvalue weighted by Crippen LogP contribution is 2.33. The van der Waals surface area contributed by atoms with Gasteiger partial charge < -0.3 is 0 Å². The smallest absolute Gasteiger partial charge is 0.0282 e. The Morgan fingerprint density at radius 3 is 1.78 bits per heavy atom. The van der Waals surface area contributed by atoms with Crippen molar-refractivity contribution in [3.8, 4) is 0 Å². The van der Waals surface area contributed by atoms with Crippen LogP contribution in [0.2, 0.25) is 0 Å². The summed E-state index contributed by atoms with van der Waals surface area (Å²) in [7, 11) is 0. The topological polar surface area (TPSA) is 0 Å².